The molecule has 1 aromatic heterocycles. The summed E-state index contributed by atoms with van der Waals surface area (Å²) in [6.45, 7) is 5.42. The minimum absolute atomic E-state index is 0.126. The van der Waals surface area contributed by atoms with Gasteiger partial charge in [-0.1, -0.05) is 20.8 Å². The molecule has 0 saturated heterocycles. The lowest BCUT2D eigenvalue weighted by atomic mass is 9.95. The first-order valence-corrected chi connectivity index (χ1v) is 5.85. The van der Waals surface area contributed by atoms with Crippen LogP contribution in [0.5, 0.6) is 0 Å². The van der Waals surface area contributed by atoms with Gasteiger partial charge in [0.2, 0.25) is 5.91 Å². The quantitative estimate of drug-likeness (QED) is 0.673. The lowest BCUT2D eigenvalue weighted by Crippen LogP contribution is -2.29. The molecule has 0 aliphatic heterocycles. The van der Waals surface area contributed by atoms with Gasteiger partial charge in [-0.25, -0.2) is 0 Å². The maximum atomic E-state index is 11.9. The van der Waals surface area contributed by atoms with Crippen molar-refractivity contribution in [2.75, 3.05) is 5.32 Å². The van der Waals surface area contributed by atoms with Gasteiger partial charge in [-0.05, 0) is 18.2 Å². The lowest BCUT2D eigenvalue weighted by molar-refractivity contribution is -0.123. The molecule has 6 heteroatoms. The number of aromatic amines is 2. The van der Waals surface area contributed by atoms with Crippen LogP contribution in [0.3, 0.4) is 0 Å². The zero-order valence-electron chi connectivity index (χ0n) is 11.0. The number of anilines is 1. The molecule has 6 nitrogen and oxygen atoms in total. The average molecular weight is 261 g/mol. The van der Waals surface area contributed by atoms with Crippen molar-refractivity contribution in [2.45, 2.75) is 20.8 Å². The van der Waals surface area contributed by atoms with E-state index >= 15 is 0 Å². The van der Waals surface area contributed by atoms with E-state index in [0.717, 1.165) is 0 Å². The number of aromatic nitrogens is 2. The molecule has 3 N–H and O–H groups in total. The second-order valence-electron chi connectivity index (χ2n) is 5.37. The second-order valence-corrected chi connectivity index (χ2v) is 5.37. The van der Waals surface area contributed by atoms with E-state index in [9.17, 15) is 14.4 Å². The van der Waals surface area contributed by atoms with Crippen LogP contribution in [0.4, 0.5) is 5.69 Å². The van der Waals surface area contributed by atoms with E-state index in [1.54, 1.807) is 18.2 Å². The Hall–Kier alpha value is -2.37. The van der Waals surface area contributed by atoms with Crippen molar-refractivity contribution in [1.82, 2.24) is 9.97 Å². The molecule has 0 spiro atoms. The number of carbonyl (C=O) groups is 1. The predicted molar refractivity (Wildman–Crippen MR) is 73.3 cm³/mol. The summed E-state index contributed by atoms with van der Waals surface area (Å²) < 4.78 is 0. The third kappa shape index (κ3) is 2.73. The van der Waals surface area contributed by atoms with Crippen LogP contribution >= 0.6 is 0 Å². The van der Waals surface area contributed by atoms with E-state index in [1.165, 1.54) is 0 Å². The first kappa shape index (κ1) is 13.1. The first-order chi connectivity index (χ1) is 8.77. The molecule has 1 amide bonds. The van der Waals surface area contributed by atoms with Crippen molar-refractivity contribution < 1.29 is 4.79 Å². The molecular weight excluding hydrogens is 246 g/mol. The molecule has 0 radical (unpaired) electrons. The highest BCUT2D eigenvalue weighted by atomic mass is 16.2. The van der Waals surface area contributed by atoms with Gasteiger partial charge in [-0.3, -0.25) is 14.4 Å². The van der Waals surface area contributed by atoms with Crippen LogP contribution < -0.4 is 16.4 Å². The normalized spacial score (nSPS) is 11.5. The van der Waals surface area contributed by atoms with Gasteiger partial charge < -0.3 is 15.3 Å². The monoisotopic (exact) mass is 261 g/mol. The topological polar surface area (TPSA) is 94.8 Å². The Morgan fingerprint density at radius 3 is 2.21 bits per heavy atom. The van der Waals surface area contributed by atoms with Gasteiger partial charge in [-0.15, -0.1) is 0 Å². The Morgan fingerprint density at radius 1 is 1.05 bits per heavy atom. The van der Waals surface area contributed by atoms with Crippen molar-refractivity contribution in [3.8, 4) is 0 Å². The van der Waals surface area contributed by atoms with Gasteiger partial charge in [0, 0.05) is 11.1 Å². The first-order valence-electron chi connectivity index (χ1n) is 5.85. The maximum Gasteiger partial charge on any atom is 0.314 e. The minimum atomic E-state index is -0.716. The average Bonchev–Trinajstić information content (AvgIpc) is 2.29. The molecule has 0 bridgehead atoms. The van der Waals surface area contributed by atoms with E-state index in [-0.39, 0.29) is 5.91 Å². The lowest BCUT2D eigenvalue weighted by Gasteiger charge is -2.17. The largest absolute Gasteiger partial charge is 0.326 e. The van der Waals surface area contributed by atoms with E-state index in [4.69, 9.17) is 0 Å². The van der Waals surface area contributed by atoms with E-state index in [1.807, 2.05) is 20.8 Å². The highest BCUT2D eigenvalue weighted by molar-refractivity contribution is 5.96. The number of hydrogen-bond donors (Lipinski definition) is 3. The van der Waals surface area contributed by atoms with Gasteiger partial charge in [-0.2, -0.15) is 0 Å². The molecule has 0 atom stereocenters. The number of nitrogens with one attached hydrogen (secondary N) is 3. The fourth-order valence-corrected chi connectivity index (χ4v) is 1.51. The second kappa shape index (κ2) is 4.38. The van der Waals surface area contributed by atoms with Crippen molar-refractivity contribution in [3.05, 3.63) is 38.9 Å². The third-order valence-electron chi connectivity index (χ3n) is 2.66. The van der Waals surface area contributed by atoms with Crippen LogP contribution in [-0.4, -0.2) is 15.9 Å². The summed E-state index contributed by atoms with van der Waals surface area (Å²) in [5.74, 6) is -0.126. The van der Waals surface area contributed by atoms with E-state index < -0.39 is 16.5 Å². The Kier molecular flexibility index (Phi) is 3.01. The molecule has 0 fully saturated rings. The van der Waals surface area contributed by atoms with Gasteiger partial charge in [0.25, 0.3) is 0 Å². The highest BCUT2D eigenvalue weighted by Crippen LogP contribution is 2.19. The maximum absolute atomic E-state index is 11.9. The van der Waals surface area contributed by atoms with Crippen LogP contribution in [0.25, 0.3) is 11.0 Å². The predicted octanol–water partition coefficient (Wildman–Crippen LogP) is 1.20. The van der Waals surface area contributed by atoms with Crippen LogP contribution in [0.15, 0.2) is 27.8 Å². The summed E-state index contributed by atoms with van der Waals surface area (Å²) in [7, 11) is 0. The summed E-state index contributed by atoms with van der Waals surface area (Å²) in [5, 5.41) is 2.76. The Morgan fingerprint density at radius 2 is 1.63 bits per heavy atom. The fraction of sp³-hybridized carbons (Fsp3) is 0.308. The number of carbonyl (C=O) groups excluding carboxylic acids is 1. The van der Waals surface area contributed by atoms with E-state index in [0.29, 0.717) is 16.7 Å². The van der Waals surface area contributed by atoms with Gasteiger partial charge in [0.05, 0.1) is 11.0 Å². The highest BCUT2D eigenvalue weighted by Gasteiger charge is 2.21. The van der Waals surface area contributed by atoms with Crippen molar-refractivity contribution >= 4 is 22.6 Å². The van der Waals surface area contributed by atoms with Crippen LogP contribution in [-0.2, 0) is 4.79 Å². The van der Waals surface area contributed by atoms with Crippen molar-refractivity contribution in [2.24, 2.45) is 5.41 Å². The molecule has 2 aromatic rings. The molecule has 2 rings (SSSR count). The summed E-state index contributed by atoms with van der Waals surface area (Å²) in [6.07, 6.45) is 0. The summed E-state index contributed by atoms with van der Waals surface area (Å²) >= 11 is 0. The molecule has 100 valence electrons. The Bertz CT molecular complexity index is 750. The van der Waals surface area contributed by atoms with E-state index in [2.05, 4.69) is 15.3 Å². The number of benzene rings is 1. The summed E-state index contributed by atoms with van der Waals surface area (Å²) in [5.41, 5.74) is -0.372. The molecule has 0 saturated carbocycles. The molecule has 1 aromatic carbocycles. The Labute approximate surface area is 108 Å². The fourth-order valence-electron chi connectivity index (χ4n) is 1.51. The minimum Gasteiger partial charge on any atom is -0.326 e. The standard InChI is InChI=1S/C13H15N3O3/c1-13(2,3)12(19)14-7-4-5-8-9(6-7)16-11(18)10(17)15-8/h4-6H,1-3H3,(H,14,19)(H,15,17)(H,16,18). The van der Waals surface area contributed by atoms with Gasteiger partial charge >= 0.3 is 11.1 Å². The smallest absolute Gasteiger partial charge is 0.314 e. The third-order valence-corrected chi connectivity index (χ3v) is 2.66. The summed E-state index contributed by atoms with van der Waals surface area (Å²) in [6, 6.07) is 4.90. The zero-order valence-corrected chi connectivity index (χ0v) is 11.0. The van der Waals surface area contributed by atoms with Crippen molar-refractivity contribution in [1.29, 1.82) is 0 Å². The molecule has 0 aliphatic rings. The molecular formula is C13H15N3O3. The molecule has 1 heterocycles. The Balaban J connectivity index is 2.42. The zero-order chi connectivity index (χ0) is 14.2. The number of amides is 1. The van der Waals surface area contributed by atoms with Crippen molar-refractivity contribution in [3.63, 3.8) is 0 Å². The van der Waals surface area contributed by atoms with Crippen LogP contribution in [0.1, 0.15) is 20.8 Å². The van der Waals surface area contributed by atoms with Crippen LogP contribution in [0, 0.1) is 5.41 Å². The number of fused-ring (bicyclic) bond motifs is 1. The van der Waals surface area contributed by atoms with Crippen LogP contribution in [0.2, 0.25) is 0 Å². The molecule has 0 unspecified atom stereocenters. The summed E-state index contributed by atoms with van der Waals surface area (Å²) in [4.78, 5) is 39.2. The molecule has 0 aliphatic carbocycles. The number of H-pyrrole nitrogens is 2. The van der Waals surface area contributed by atoms with Gasteiger partial charge in [0.1, 0.15) is 0 Å². The number of hydrogen-bond acceptors (Lipinski definition) is 3. The number of rotatable bonds is 1. The SMILES string of the molecule is CC(C)(C)C(=O)Nc1ccc2[nH]c(=O)c(=O)[nH]c2c1. The molecule has 19 heavy (non-hydrogen) atoms. The van der Waals surface area contributed by atoms with Gasteiger partial charge in [0.15, 0.2) is 0 Å².